The van der Waals surface area contributed by atoms with Crippen LogP contribution in [-0.2, 0) is 0 Å². The molecule has 1 aromatic carbocycles. The summed E-state index contributed by atoms with van der Waals surface area (Å²) >= 11 is 0. The van der Waals surface area contributed by atoms with Crippen LogP contribution in [0.3, 0.4) is 0 Å². The summed E-state index contributed by atoms with van der Waals surface area (Å²) in [7, 11) is 3.88. The van der Waals surface area contributed by atoms with Gasteiger partial charge in [0.15, 0.2) is 17.5 Å². The molecule has 0 unspecified atom stereocenters. The maximum Gasteiger partial charge on any atom is 0.194 e. The number of nitrogens with one attached hydrogen (secondary N) is 1. The Kier molecular flexibility index (Phi) is 4.61. The van der Waals surface area contributed by atoms with Crippen LogP contribution in [0.25, 0.3) is 0 Å². The van der Waals surface area contributed by atoms with Crippen LogP contribution in [0.5, 0.6) is 0 Å². The molecular weight excluding hydrogens is 217 g/mol. The number of nitrogens with zero attached hydrogens (tertiary/aromatic N) is 1. The molecule has 0 aliphatic heterocycles. The van der Waals surface area contributed by atoms with Crippen molar-refractivity contribution >= 4 is 5.69 Å². The Morgan fingerprint density at radius 1 is 1.12 bits per heavy atom. The number of hydrogen-bond donors (Lipinski definition) is 1. The quantitative estimate of drug-likeness (QED) is 0.619. The molecule has 0 aliphatic carbocycles. The summed E-state index contributed by atoms with van der Waals surface area (Å²) in [6.45, 7) is 1.46. The molecular formula is C11H15F3N2. The average Bonchev–Trinajstić information content (AvgIpc) is 2.20. The van der Waals surface area contributed by atoms with E-state index in [2.05, 4.69) is 5.32 Å². The van der Waals surface area contributed by atoms with Gasteiger partial charge in [0.05, 0.1) is 0 Å². The molecule has 0 fully saturated rings. The molecule has 0 bridgehead atoms. The van der Waals surface area contributed by atoms with Crippen LogP contribution in [0.1, 0.15) is 6.42 Å². The Morgan fingerprint density at radius 2 is 1.69 bits per heavy atom. The average molecular weight is 232 g/mol. The van der Waals surface area contributed by atoms with Crippen LogP contribution in [0, 0.1) is 17.5 Å². The highest BCUT2D eigenvalue weighted by Crippen LogP contribution is 2.17. The van der Waals surface area contributed by atoms with Crippen molar-refractivity contribution in [1.29, 1.82) is 0 Å². The van der Waals surface area contributed by atoms with Gasteiger partial charge in [-0.15, -0.1) is 0 Å². The maximum absolute atomic E-state index is 12.8. The standard InChI is InChI=1S/C11H15F3N2/c1-16(2)5-3-4-15-8-6-9(12)11(14)10(13)7-8/h6-7,15H,3-5H2,1-2H3. The van der Waals surface area contributed by atoms with Crippen molar-refractivity contribution in [3.63, 3.8) is 0 Å². The van der Waals surface area contributed by atoms with E-state index in [4.69, 9.17) is 0 Å². The minimum Gasteiger partial charge on any atom is -0.385 e. The van der Waals surface area contributed by atoms with E-state index in [0.29, 0.717) is 6.54 Å². The monoisotopic (exact) mass is 232 g/mol. The second-order valence-corrected chi connectivity index (χ2v) is 3.84. The van der Waals surface area contributed by atoms with Gasteiger partial charge in [-0.05, 0) is 27.1 Å². The third-order valence-electron chi connectivity index (χ3n) is 2.10. The zero-order valence-electron chi connectivity index (χ0n) is 9.36. The van der Waals surface area contributed by atoms with Gasteiger partial charge in [-0.2, -0.15) is 0 Å². The summed E-state index contributed by atoms with van der Waals surface area (Å²) in [4.78, 5) is 2.01. The first-order valence-electron chi connectivity index (χ1n) is 5.04. The van der Waals surface area contributed by atoms with Crippen molar-refractivity contribution in [2.45, 2.75) is 6.42 Å². The summed E-state index contributed by atoms with van der Waals surface area (Å²) in [5.41, 5.74) is 0.259. The lowest BCUT2D eigenvalue weighted by Crippen LogP contribution is -2.16. The molecule has 1 aromatic rings. The minimum absolute atomic E-state index is 0.259. The molecule has 2 nitrogen and oxygen atoms in total. The van der Waals surface area contributed by atoms with Crippen molar-refractivity contribution in [3.05, 3.63) is 29.6 Å². The fraction of sp³-hybridized carbons (Fsp3) is 0.455. The van der Waals surface area contributed by atoms with Gasteiger partial charge in [-0.3, -0.25) is 0 Å². The molecule has 0 aromatic heterocycles. The van der Waals surface area contributed by atoms with Crippen LogP contribution in [0.2, 0.25) is 0 Å². The van der Waals surface area contributed by atoms with Crippen molar-refractivity contribution in [3.8, 4) is 0 Å². The van der Waals surface area contributed by atoms with Crippen LogP contribution < -0.4 is 5.32 Å². The van der Waals surface area contributed by atoms with Gasteiger partial charge in [0.2, 0.25) is 0 Å². The molecule has 90 valence electrons. The second-order valence-electron chi connectivity index (χ2n) is 3.84. The Balaban J connectivity index is 2.49. The predicted molar refractivity (Wildman–Crippen MR) is 58.0 cm³/mol. The number of rotatable bonds is 5. The summed E-state index contributed by atoms with van der Waals surface area (Å²) in [6, 6.07) is 1.90. The Morgan fingerprint density at radius 3 is 2.19 bits per heavy atom. The molecule has 0 atom stereocenters. The topological polar surface area (TPSA) is 15.3 Å². The van der Waals surface area contributed by atoms with Gasteiger partial charge in [-0.1, -0.05) is 0 Å². The molecule has 5 heteroatoms. The normalized spacial score (nSPS) is 10.9. The van der Waals surface area contributed by atoms with Gasteiger partial charge < -0.3 is 10.2 Å². The van der Waals surface area contributed by atoms with E-state index in [1.54, 1.807) is 0 Å². The molecule has 0 saturated heterocycles. The lowest BCUT2D eigenvalue weighted by atomic mass is 10.2. The van der Waals surface area contributed by atoms with E-state index in [1.807, 2.05) is 19.0 Å². The van der Waals surface area contributed by atoms with E-state index < -0.39 is 17.5 Å². The fourth-order valence-corrected chi connectivity index (χ4v) is 1.29. The molecule has 1 N–H and O–H groups in total. The fourth-order valence-electron chi connectivity index (χ4n) is 1.29. The van der Waals surface area contributed by atoms with E-state index in [0.717, 1.165) is 25.1 Å². The van der Waals surface area contributed by atoms with E-state index in [9.17, 15) is 13.2 Å². The summed E-state index contributed by atoms with van der Waals surface area (Å²) < 4.78 is 38.2. The third-order valence-corrected chi connectivity index (χ3v) is 2.10. The molecule has 0 amide bonds. The number of anilines is 1. The smallest absolute Gasteiger partial charge is 0.194 e. The first-order valence-corrected chi connectivity index (χ1v) is 5.04. The zero-order valence-corrected chi connectivity index (χ0v) is 9.36. The molecule has 0 heterocycles. The molecule has 16 heavy (non-hydrogen) atoms. The third kappa shape index (κ3) is 3.73. The van der Waals surface area contributed by atoms with E-state index in [-0.39, 0.29) is 5.69 Å². The maximum atomic E-state index is 12.8. The van der Waals surface area contributed by atoms with Crippen LogP contribution >= 0.6 is 0 Å². The predicted octanol–water partition coefficient (Wildman–Crippen LogP) is 2.47. The van der Waals surface area contributed by atoms with Crippen molar-refractivity contribution in [1.82, 2.24) is 4.90 Å². The van der Waals surface area contributed by atoms with Gasteiger partial charge >= 0.3 is 0 Å². The van der Waals surface area contributed by atoms with Crippen molar-refractivity contribution in [2.75, 3.05) is 32.5 Å². The highest BCUT2D eigenvalue weighted by molar-refractivity contribution is 5.43. The molecule has 1 rings (SSSR count). The SMILES string of the molecule is CN(C)CCCNc1cc(F)c(F)c(F)c1. The second kappa shape index (κ2) is 5.75. The molecule has 0 saturated carbocycles. The van der Waals surface area contributed by atoms with Crippen molar-refractivity contribution < 1.29 is 13.2 Å². The molecule has 0 aliphatic rings. The highest BCUT2D eigenvalue weighted by atomic mass is 19.2. The summed E-state index contributed by atoms with van der Waals surface area (Å²) in [6.07, 6.45) is 0.841. The van der Waals surface area contributed by atoms with Crippen LogP contribution in [-0.4, -0.2) is 32.1 Å². The van der Waals surface area contributed by atoms with Gasteiger partial charge in [0.25, 0.3) is 0 Å². The van der Waals surface area contributed by atoms with E-state index in [1.165, 1.54) is 0 Å². The van der Waals surface area contributed by atoms with Crippen LogP contribution in [0.15, 0.2) is 12.1 Å². The Labute approximate surface area is 93.1 Å². The molecule has 0 radical (unpaired) electrons. The van der Waals surface area contributed by atoms with Crippen molar-refractivity contribution in [2.24, 2.45) is 0 Å². The first-order chi connectivity index (χ1) is 7.50. The Hall–Kier alpha value is -1.23. The first kappa shape index (κ1) is 12.8. The van der Waals surface area contributed by atoms with E-state index >= 15 is 0 Å². The minimum atomic E-state index is -1.43. The number of halogens is 3. The zero-order chi connectivity index (χ0) is 12.1. The number of hydrogen-bond acceptors (Lipinski definition) is 2. The largest absolute Gasteiger partial charge is 0.385 e. The Bertz CT molecular complexity index is 330. The summed E-state index contributed by atoms with van der Waals surface area (Å²) in [5, 5.41) is 2.84. The molecule has 0 spiro atoms. The van der Waals surface area contributed by atoms with Crippen LogP contribution in [0.4, 0.5) is 18.9 Å². The van der Waals surface area contributed by atoms with Gasteiger partial charge in [0.1, 0.15) is 0 Å². The number of benzene rings is 1. The summed E-state index contributed by atoms with van der Waals surface area (Å²) in [5.74, 6) is -3.77. The highest BCUT2D eigenvalue weighted by Gasteiger charge is 2.09. The lowest BCUT2D eigenvalue weighted by molar-refractivity contribution is 0.405. The lowest BCUT2D eigenvalue weighted by Gasteiger charge is -2.10. The van der Waals surface area contributed by atoms with Gasteiger partial charge in [-0.25, -0.2) is 13.2 Å². The van der Waals surface area contributed by atoms with Gasteiger partial charge in [0, 0.05) is 24.4 Å².